The maximum absolute atomic E-state index is 9.64. The van der Waals surface area contributed by atoms with Crippen LogP contribution in [-0.2, 0) is 9.31 Å². The Balaban J connectivity index is 1.98. The zero-order chi connectivity index (χ0) is 13.8. The highest BCUT2D eigenvalue weighted by Gasteiger charge is 2.51. The maximum Gasteiger partial charge on any atom is 0.494 e. The number of hydrogen-bond donors (Lipinski definition) is 2. The van der Waals surface area contributed by atoms with Crippen LogP contribution in [0.3, 0.4) is 0 Å². The predicted molar refractivity (Wildman–Crippen MR) is 75.7 cm³/mol. The van der Waals surface area contributed by atoms with E-state index in [1.165, 1.54) is 0 Å². The van der Waals surface area contributed by atoms with E-state index in [2.05, 4.69) is 4.98 Å². The van der Waals surface area contributed by atoms with Gasteiger partial charge in [0.05, 0.1) is 11.2 Å². The number of benzene rings is 1. The molecule has 0 aliphatic carbocycles. The SMILES string of the molecule is CC1(C)OB(c2ccc3c(O)c[nH]c3c2)OC1(C)C. The molecule has 0 amide bonds. The number of hydrogen-bond acceptors (Lipinski definition) is 3. The van der Waals surface area contributed by atoms with Crippen LogP contribution in [-0.4, -0.2) is 28.4 Å². The molecule has 0 unspecified atom stereocenters. The summed E-state index contributed by atoms with van der Waals surface area (Å²) in [5.41, 5.74) is 1.15. The van der Waals surface area contributed by atoms with Gasteiger partial charge in [-0.3, -0.25) is 0 Å². The summed E-state index contributed by atoms with van der Waals surface area (Å²) >= 11 is 0. The highest BCUT2D eigenvalue weighted by molar-refractivity contribution is 6.62. The number of rotatable bonds is 1. The maximum atomic E-state index is 9.64. The Morgan fingerprint density at radius 3 is 2.37 bits per heavy atom. The minimum Gasteiger partial charge on any atom is -0.506 e. The van der Waals surface area contributed by atoms with E-state index in [0.717, 1.165) is 16.4 Å². The Bertz CT molecular complexity index is 617. The lowest BCUT2D eigenvalue weighted by Gasteiger charge is -2.32. The lowest BCUT2D eigenvalue weighted by molar-refractivity contribution is 0.00578. The van der Waals surface area contributed by atoms with Crippen LogP contribution >= 0.6 is 0 Å². The summed E-state index contributed by atoms with van der Waals surface area (Å²) in [5.74, 6) is 0.260. The van der Waals surface area contributed by atoms with E-state index in [4.69, 9.17) is 9.31 Å². The molecule has 0 atom stereocenters. The molecule has 1 aromatic carbocycles. The molecule has 1 aliphatic rings. The lowest BCUT2D eigenvalue weighted by Crippen LogP contribution is -2.41. The van der Waals surface area contributed by atoms with Crippen LogP contribution in [0.15, 0.2) is 24.4 Å². The summed E-state index contributed by atoms with van der Waals surface area (Å²) in [7, 11) is -0.375. The number of H-pyrrole nitrogens is 1. The van der Waals surface area contributed by atoms with Gasteiger partial charge in [-0.1, -0.05) is 6.07 Å². The first kappa shape index (κ1) is 12.6. The number of nitrogens with one attached hydrogen (secondary N) is 1. The number of aromatic nitrogens is 1. The second-order valence-electron chi connectivity index (χ2n) is 6.07. The molecule has 1 aliphatic heterocycles. The van der Waals surface area contributed by atoms with Gasteiger partial charge in [-0.15, -0.1) is 0 Å². The molecule has 4 nitrogen and oxygen atoms in total. The van der Waals surface area contributed by atoms with Gasteiger partial charge in [0, 0.05) is 17.1 Å². The fourth-order valence-electron chi connectivity index (χ4n) is 2.25. The molecule has 0 spiro atoms. The molecule has 19 heavy (non-hydrogen) atoms. The largest absolute Gasteiger partial charge is 0.506 e. The molecule has 2 N–H and O–H groups in total. The molecule has 2 aromatic rings. The second kappa shape index (κ2) is 3.77. The van der Waals surface area contributed by atoms with Gasteiger partial charge in [0.15, 0.2) is 0 Å². The summed E-state index contributed by atoms with van der Waals surface area (Å²) in [6, 6.07) is 5.76. The van der Waals surface area contributed by atoms with Gasteiger partial charge in [-0.25, -0.2) is 0 Å². The Morgan fingerprint density at radius 2 is 1.74 bits per heavy atom. The van der Waals surface area contributed by atoms with Crippen molar-refractivity contribution in [3.05, 3.63) is 24.4 Å². The van der Waals surface area contributed by atoms with Crippen molar-refractivity contribution in [1.82, 2.24) is 4.98 Å². The molecule has 1 fully saturated rings. The van der Waals surface area contributed by atoms with Crippen molar-refractivity contribution in [2.24, 2.45) is 0 Å². The van der Waals surface area contributed by atoms with Gasteiger partial charge in [0.25, 0.3) is 0 Å². The molecule has 0 radical (unpaired) electrons. The van der Waals surface area contributed by atoms with Crippen LogP contribution in [0.25, 0.3) is 10.9 Å². The monoisotopic (exact) mass is 259 g/mol. The van der Waals surface area contributed by atoms with Gasteiger partial charge in [-0.2, -0.15) is 0 Å². The van der Waals surface area contributed by atoms with Gasteiger partial charge in [-0.05, 0) is 45.3 Å². The molecule has 3 rings (SSSR count). The third kappa shape index (κ3) is 1.85. The van der Waals surface area contributed by atoms with E-state index in [9.17, 15) is 5.11 Å². The summed E-state index contributed by atoms with van der Waals surface area (Å²) in [4.78, 5) is 3.03. The molecule has 5 heteroatoms. The van der Waals surface area contributed by atoms with Crippen molar-refractivity contribution in [3.8, 4) is 5.75 Å². The van der Waals surface area contributed by atoms with Crippen molar-refractivity contribution in [2.75, 3.05) is 0 Å². The van der Waals surface area contributed by atoms with Crippen LogP contribution in [0.4, 0.5) is 0 Å². The van der Waals surface area contributed by atoms with Crippen molar-refractivity contribution < 1.29 is 14.4 Å². The van der Waals surface area contributed by atoms with Crippen LogP contribution in [0, 0.1) is 0 Å². The minimum absolute atomic E-state index is 0.260. The van der Waals surface area contributed by atoms with Crippen LogP contribution in [0.5, 0.6) is 5.75 Å². The average Bonchev–Trinajstić information content (AvgIpc) is 2.78. The summed E-state index contributed by atoms with van der Waals surface area (Å²) in [6.07, 6.45) is 1.58. The highest BCUT2D eigenvalue weighted by Crippen LogP contribution is 2.36. The normalized spacial score (nSPS) is 21.2. The molecule has 0 saturated carbocycles. The zero-order valence-corrected chi connectivity index (χ0v) is 11.7. The van der Waals surface area contributed by atoms with E-state index in [-0.39, 0.29) is 24.1 Å². The lowest BCUT2D eigenvalue weighted by atomic mass is 9.79. The van der Waals surface area contributed by atoms with Crippen molar-refractivity contribution in [3.63, 3.8) is 0 Å². The van der Waals surface area contributed by atoms with Crippen molar-refractivity contribution in [1.29, 1.82) is 0 Å². The molecule has 1 saturated heterocycles. The average molecular weight is 259 g/mol. The topological polar surface area (TPSA) is 54.5 Å². The zero-order valence-electron chi connectivity index (χ0n) is 11.7. The standard InChI is InChI=1S/C14H18BNO3/c1-13(2)14(3,4)19-15(18-13)9-5-6-10-11(7-9)16-8-12(10)17/h5-8,16-17H,1-4H3. The van der Waals surface area contributed by atoms with E-state index in [0.29, 0.717) is 0 Å². The third-order valence-electron chi connectivity index (χ3n) is 4.21. The smallest absolute Gasteiger partial charge is 0.494 e. The number of fused-ring (bicyclic) bond motifs is 1. The number of aromatic amines is 1. The highest BCUT2D eigenvalue weighted by atomic mass is 16.7. The fourth-order valence-corrected chi connectivity index (χ4v) is 2.25. The first-order chi connectivity index (χ1) is 8.80. The third-order valence-corrected chi connectivity index (χ3v) is 4.21. The van der Waals surface area contributed by atoms with Crippen LogP contribution in [0.2, 0.25) is 0 Å². The Labute approximate surface area is 112 Å². The molecular formula is C14H18BNO3. The van der Waals surface area contributed by atoms with E-state index in [1.807, 2.05) is 45.9 Å². The Hall–Kier alpha value is -1.46. The predicted octanol–water partition coefficient (Wildman–Crippen LogP) is 2.17. The second-order valence-corrected chi connectivity index (χ2v) is 6.07. The van der Waals surface area contributed by atoms with E-state index >= 15 is 0 Å². The molecule has 2 heterocycles. The summed E-state index contributed by atoms with van der Waals surface area (Å²) in [5, 5.41) is 10.4. The quantitative estimate of drug-likeness (QED) is 0.772. The first-order valence-electron chi connectivity index (χ1n) is 6.46. The molecular weight excluding hydrogens is 241 g/mol. The van der Waals surface area contributed by atoms with Gasteiger partial charge >= 0.3 is 7.12 Å². The van der Waals surface area contributed by atoms with E-state index in [1.54, 1.807) is 6.20 Å². The minimum atomic E-state index is -0.375. The van der Waals surface area contributed by atoms with Crippen LogP contribution in [0.1, 0.15) is 27.7 Å². The van der Waals surface area contributed by atoms with Gasteiger partial charge in [0.1, 0.15) is 5.75 Å². The van der Waals surface area contributed by atoms with Crippen LogP contribution < -0.4 is 5.46 Å². The summed E-state index contributed by atoms with van der Waals surface area (Å²) < 4.78 is 12.0. The molecule has 1 aromatic heterocycles. The fraction of sp³-hybridized carbons (Fsp3) is 0.429. The molecule has 100 valence electrons. The molecule has 0 bridgehead atoms. The van der Waals surface area contributed by atoms with E-state index < -0.39 is 0 Å². The van der Waals surface area contributed by atoms with Gasteiger partial charge in [0.2, 0.25) is 0 Å². The van der Waals surface area contributed by atoms with Gasteiger partial charge < -0.3 is 19.4 Å². The first-order valence-corrected chi connectivity index (χ1v) is 6.46. The Morgan fingerprint density at radius 1 is 1.11 bits per heavy atom. The van der Waals surface area contributed by atoms with Crippen molar-refractivity contribution in [2.45, 2.75) is 38.9 Å². The summed E-state index contributed by atoms with van der Waals surface area (Å²) in [6.45, 7) is 8.13. The Kier molecular flexibility index (Phi) is 2.50. The number of aromatic hydroxyl groups is 1. The van der Waals surface area contributed by atoms with Crippen molar-refractivity contribution >= 4 is 23.5 Å².